The predicted molar refractivity (Wildman–Crippen MR) is 74.8 cm³/mol. The van der Waals surface area contributed by atoms with Crippen molar-refractivity contribution in [1.29, 1.82) is 5.26 Å². The quantitative estimate of drug-likeness (QED) is 0.784. The van der Waals surface area contributed by atoms with Crippen molar-refractivity contribution in [2.75, 3.05) is 0 Å². The Hall–Kier alpha value is -1.47. The first kappa shape index (κ1) is 14.0. The highest BCUT2D eigenvalue weighted by atomic mass is 35.5. The number of aromatic nitrogens is 1. The Balaban J connectivity index is 2.20. The van der Waals surface area contributed by atoms with E-state index in [0.717, 1.165) is 0 Å². The van der Waals surface area contributed by atoms with Crippen LogP contribution in [-0.4, -0.2) is 4.98 Å². The zero-order valence-electron chi connectivity index (χ0n) is 9.53. The molecule has 0 atom stereocenters. The van der Waals surface area contributed by atoms with Gasteiger partial charge in [-0.3, -0.25) is 0 Å². The van der Waals surface area contributed by atoms with Crippen molar-refractivity contribution in [2.45, 2.75) is 6.61 Å². The van der Waals surface area contributed by atoms with Gasteiger partial charge in [-0.25, -0.2) is 4.98 Å². The van der Waals surface area contributed by atoms with Gasteiger partial charge in [-0.1, -0.05) is 40.9 Å². The fourth-order valence-corrected chi connectivity index (χ4v) is 2.02. The molecule has 0 aliphatic rings. The van der Waals surface area contributed by atoms with Gasteiger partial charge in [-0.15, -0.1) is 0 Å². The minimum absolute atomic E-state index is 0.175. The summed E-state index contributed by atoms with van der Waals surface area (Å²) >= 11 is 17.7. The molecular weight excluding hydrogens is 307 g/mol. The van der Waals surface area contributed by atoms with Crippen LogP contribution in [0, 0.1) is 11.3 Å². The number of halogens is 3. The first-order chi connectivity index (χ1) is 9.11. The minimum Gasteiger partial charge on any atom is -0.487 e. The number of hydrogen-bond acceptors (Lipinski definition) is 3. The molecule has 0 bridgehead atoms. The van der Waals surface area contributed by atoms with Crippen LogP contribution in [0.2, 0.25) is 15.1 Å². The molecule has 0 spiro atoms. The number of benzene rings is 1. The lowest BCUT2D eigenvalue weighted by Crippen LogP contribution is -2.00. The molecule has 0 radical (unpaired) electrons. The number of ether oxygens (including phenoxy) is 1. The maximum atomic E-state index is 8.92. The summed E-state index contributed by atoms with van der Waals surface area (Å²) in [4.78, 5) is 3.94. The van der Waals surface area contributed by atoms with E-state index in [0.29, 0.717) is 32.1 Å². The lowest BCUT2D eigenvalue weighted by molar-refractivity contribution is 0.305. The van der Waals surface area contributed by atoms with Gasteiger partial charge in [0, 0.05) is 17.8 Å². The standard InChI is InChI=1S/C13H7Cl3N2O/c14-9-4-11(16)13(5-10(9)15)19-7-8-2-1-3-18-12(8)6-17/h1-5H,7H2. The zero-order valence-corrected chi connectivity index (χ0v) is 11.8. The van der Waals surface area contributed by atoms with Gasteiger partial charge in [0.2, 0.25) is 0 Å². The molecule has 0 N–H and O–H groups in total. The van der Waals surface area contributed by atoms with Crippen LogP contribution in [0.4, 0.5) is 0 Å². The van der Waals surface area contributed by atoms with Crippen molar-refractivity contribution in [3.8, 4) is 11.8 Å². The van der Waals surface area contributed by atoms with E-state index < -0.39 is 0 Å². The van der Waals surface area contributed by atoms with Crippen LogP contribution < -0.4 is 4.74 Å². The Morgan fingerprint density at radius 2 is 1.89 bits per heavy atom. The first-order valence-electron chi connectivity index (χ1n) is 5.23. The molecule has 0 aliphatic carbocycles. The molecule has 0 fully saturated rings. The molecule has 0 unspecified atom stereocenters. The van der Waals surface area contributed by atoms with Gasteiger partial charge in [0.05, 0.1) is 15.1 Å². The van der Waals surface area contributed by atoms with Gasteiger partial charge >= 0.3 is 0 Å². The summed E-state index contributed by atoms with van der Waals surface area (Å²) in [5.41, 5.74) is 0.992. The maximum Gasteiger partial charge on any atom is 0.147 e. The van der Waals surface area contributed by atoms with E-state index in [1.165, 1.54) is 12.1 Å². The molecule has 1 aromatic carbocycles. The van der Waals surface area contributed by atoms with Gasteiger partial charge in [0.15, 0.2) is 0 Å². The SMILES string of the molecule is N#Cc1ncccc1COc1cc(Cl)c(Cl)cc1Cl. The van der Waals surface area contributed by atoms with Gasteiger partial charge < -0.3 is 4.74 Å². The highest BCUT2D eigenvalue weighted by molar-refractivity contribution is 6.43. The molecule has 1 heterocycles. The number of pyridine rings is 1. The summed E-state index contributed by atoms with van der Waals surface area (Å²) < 4.78 is 5.54. The molecular formula is C13H7Cl3N2O. The Morgan fingerprint density at radius 3 is 2.63 bits per heavy atom. The number of rotatable bonds is 3. The minimum atomic E-state index is 0.175. The molecule has 19 heavy (non-hydrogen) atoms. The molecule has 0 amide bonds. The predicted octanol–water partition coefficient (Wildman–Crippen LogP) is 4.49. The summed E-state index contributed by atoms with van der Waals surface area (Å²) in [6.07, 6.45) is 1.55. The molecule has 1 aromatic heterocycles. The largest absolute Gasteiger partial charge is 0.487 e. The van der Waals surface area contributed by atoms with Crippen molar-refractivity contribution in [3.63, 3.8) is 0 Å². The van der Waals surface area contributed by atoms with Gasteiger partial charge in [0.25, 0.3) is 0 Å². The highest BCUT2D eigenvalue weighted by Gasteiger charge is 2.09. The molecule has 2 rings (SSSR count). The Bertz CT molecular complexity index is 653. The monoisotopic (exact) mass is 312 g/mol. The highest BCUT2D eigenvalue weighted by Crippen LogP contribution is 2.34. The second-order valence-corrected chi connectivity index (χ2v) is 4.83. The van der Waals surface area contributed by atoms with Crippen LogP contribution in [0.25, 0.3) is 0 Å². The van der Waals surface area contributed by atoms with E-state index in [1.807, 2.05) is 6.07 Å². The van der Waals surface area contributed by atoms with E-state index in [1.54, 1.807) is 18.3 Å². The van der Waals surface area contributed by atoms with Crippen LogP contribution in [0.1, 0.15) is 11.3 Å². The van der Waals surface area contributed by atoms with Crippen LogP contribution in [0.15, 0.2) is 30.5 Å². The summed E-state index contributed by atoms with van der Waals surface area (Å²) in [7, 11) is 0. The summed E-state index contributed by atoms with van der Waals surface area (Å²) in [6.45, 7) is 0.175. The van der Waals surface area contributed by atoms with E-state index in [9.17, 15) is 0 Å². The van der Waals surface area contributed by atoms with E-state index >= 15 is 0 Å². The Kier molecular flexibility index (Phi) is 4.49. The van der Waals surface area contributed by atoms with Crippen LogP contribution >= 0.6 is 34.8 Å². The normalized spacial score (nSPS) is 10.0. The second kappa shape index (κ2) is 6.12. The molecule has 96 valence electrons. The van der Waals surface area contributed by atoms with E-state index in [2.05, 4.69) is 4.98 Å². The zero-order chi connectivity index (χ0) is 13.8. The molecule has 2 aromatic rings. The molecule has 0 saturated carbocycles. The van der Waals surface area contributed by atoms with Crippen molar-refractivity contribution < 1.29 is 4.74 Å². The van der Waals surface area contributed by atoms with Gasteiger partial charge in [-0.05, 0) is 12.1 Å². The third-order valence-electron chi connectivity index (χ3n) is 2.36. The fourth-order valence-electron chi connectivity index (χ4n) is 1.43. The Morgan fingerprint density at radius 1 is 1.16 bits per heavy atom. The molecule has 3 nitrogen and oxygen atoms in total. The number of nitrogens with zero attached hydrogens (tertiary/aromatic N) is 2. The molecule has 0 saturated heterocycles. The fraction of sp³-hybridized carbons (Fsp3) is 0.0769. The Labute approximate surface area is 125 Å². The van der Waals surface area contributed by atoms with Gasteiger partial charge in [-0.2, -0.15) is 5.26 Å². The summed E-state index contributed by atoms with van der Waals surface area (Å²) in [5, 5.41) is 9.99. The van der Waals surface area contributed by atoms with Crippen LogP contribution in [0.5, 0.6) is 5.75 Å². The van der Waals surface area contributed by atoms with E-state index in [4.69, 9.17) is 44.8 Å². The second-order valence-electron chi connectivity index (χ2n) is 3.61. The van der Waals surface area contributed by atoms with Crippen LogP contribution in [-0.2, 0) is 6.61 Å². The third kappa shape index (κ3) is 3.30. The number of hydrogen-bond donors (Lipinski definition) is 0. The molecule has 6 heteroatoms. The van der Waals surface area contributed by atoms with Crippen molar-refractivity contribution in [1.82, 2.24) is 4.98 Å². The van der Waals surface area contributed by atoms with Gasteiger partial charge in [0.1, 0.15) is 24.1 Å². The maximum absolute atomic E-state index is 8.92. The topological polar surface area (TPSA) is 45.9 Å². The van der Waals surface area contributed by atoms with Crippen molar-refractivity contribution >= 4 is 34.8 Å². The summed E-state index contributed by atoms with van der Waals surface area (Å²) in [6, 6.07) is 8.53. The van der Waals surface area contributed by atoms with Crippen molar-refractivity contribution in [2.24, 2.45) is 0 Å². The average Bonchev–Trinajstić information content (AvgIpc) is 2.41. The first-order valence-corrected chi connectivity index (χ1v) is 6.36. The van der Waals surface area contributed by atoms with Crippen molar-refractivity contribution in [3.05, 3.63) is 56.8 Å². The lowest BCUT2D eigenvalue weighted by Gasteiger charge is -2.09. The smallest absolute Gasteiger partial charge is 0.147 e. The van der Waals surface area contributed by atoms with E-state index in [-0.39, 0.29) is 6.61 Å². The lowest BCUT2D eigenvalue weighted by atomic mass is 10.2. The molecule has 0 aliphatic heterocycles. The third-order valence-corrected chi connectivity index (χ3v) is 3.37. The average molecular weight is 314 g/mol. The van der Waals surface area contributed by atoms with Crippen LogP contribution in [0.3, 0.4) is 0 Å². The number of nitriles is 1. The summed E-state index contributed by atoms with van der Waals surface area (Å²) in [5.74, 6) is 0.406.